The van der Waals surface area contributed by atoms with E-state index in [1.807, 2.05) is 43.2 Å². The number of hydrogen-bond donors (Lipinski definition) is 1. The Hall–Kier alpha value is -2.08. The molecule has 25 heavy (non-hydrogen) atoms. The molecule has 1 aromatic heterocycles. The third-order valence-corrected chi connectivity index (χ3v) is 5.05. The van der Waals surface area contributed by atoms with Crippen molar-refractivity contribution in [3.8, 4) is 17.0 Å². The predicted octanol–water partition coefficient (Wildman–Crippen LogP) is 4.98. The van der Waals surface area contributed by atoms with Gasteiger partial charge >= 0.3 is 6.09 Å². The Morgan fingerprint density at radius 2 is 2.00 bits per heavy atom. The van der Waals surface area contributed by atoms with E-state index >= 15 is 0 Å². The summed E-state index contributed by atoms with van der Waals surface area (Å²) in [5.74, 6) is 0.239. The minimum Gasteiger partial charge on any atom is -0.508 e. The number of piperidine rings is 1. The number of aromatic nitrogens is 1. The number of amides is 1. The van der Waals surface area contributed by atoms with Gasteiger partial charge < -0.3 is 9.84 Å². The van der Waals surface area contributed by atoms with E-state index in [9.17, 15) is 9.90 Å². The number of ether oxygens (including phenoxy) is 1. The molecular formula is C19H24N2O3S. The first-order valence-electron chi connectivity index (χ1n) is 8.58. The molecule has 1 aliphatic rings. The van der Waals surface area contributed by atoms with E-state index in [4.69, 9.17) is 9.72 Å². The second-order valence-corrected chi connectivity index (χ2v) is 8.19. The number of aromatic hydroxyl groups is 1. The predicted molar refractivity (Wildman–Crippen MR) is 98.7 cm³/mol. The summed E-state index contributed by atoms with van der Waals surface area (Å²) < 4.78 is 5.57. The first-order valence-corrected chi connectivity index (χ1v) is 9.46. The number of hydrogen-bond acceptors (Lipinski definition) is 5. The quantitative estimate of drug-likeness (QED) is 0.820. The molecule has 0 saturated carbocycles. The van der Waals surface area contributed by atoms with Crippen molar-refractivity contribution in [2.45, 2.75) is 51.7 Å². The molecule has 0 radical (unpaired) electrons. The summed E-state index contributed by atoms with van der Waals surface area (Å²) in [7, 11) is 0. The SMILES string of the molecule is CC(C)(C)OC(=O)N1CCCC[C@@H]1c1nc(-c2ccc(O)cc2)cs1. The highest BCUT2D eigenvalue weighted by Crippen LogP contribution is 2.35. The van der Waals surface area contributed by atoms with Crippen LogP contribution in [0.5, 0.6) is 5.75 Å². The Morgan fingerprint density at radius 3 is 2.68 bits per heavy atom. The van der Waals surface area contributed by atoms with E-state index in [-0.39, 0.29) is 17.9 Å². The Bertz CT molecular complexity index is 734. The molecule has 0 spiro atoms. The number of thiazole rings is 1. The number of nitrogens with zero attached hydrogens (tertiary/aromatic N) is 2. The number of rotatable bonds is 2. The van der Waals surface area contributed by atoms with Crippen LogP contribution in [0.1, 0.15) is 51.1 Å². The summed E-state index contributed by atoms with van der Waals surface area (Å²) in [6, 6.07) is 6.98. The highest BCUT2D eigenvalue weighted by molar-refractivity contribution is 7.10. The molecule has 2 heterocycles. The number of carbonyl (C=O) groups is 1. The van der Waals surface area contributed by atoms with E-state index in [0.717, 1.165) is 35.5 Å². The monoisotopic (exact) mass is 360 g/mol. The fourth-order valence-corrected chi connectivity index (χ4v) is 3.91. The third-order valence-electron chi connectivity index (χ3n) is 4.10. The van der Waals surface area contributed by atoms with Gasteiger partial charge in [-0.2, -0.15) is 0 Å². The fraction of sp³-hybridized carbons (Fsp3) is 0.474. The van der Waals surface area contributed by atoms with E-state index in [2.05, 4.69) is 0 Å². The molecule has 1 saturated heterocycles. The van der Waals surface area contributed by atoms with Gasteiger partial charge in [0.15, 0.2) is 0 Å². The first kappa shape index (κ1) is 17.7. The van der Waals surface area contributed by atoms with Gasteiger partial charge in [-0.15, -0.1) is 11.3 Å². The highest BCUT2D eigenvalue weighted by atomic mass is 32.1. The highest BCUT2D eigenvalue weighted by Gasteiger charge is 2.33. The Morgan fingerprint density at radius 1 is 1.28 bits per heavy atom. The zero-order chi connectivity index (χ0) is 18.0. The average Bonchev–Trinajstić information content (AvgIpc) is 3.04. The second kappa shape index (κ2) is 7.04. The van der Waals surface area contributed by atoms with Gasteiger partial charge in [0.25, 0.3) is 0 Å². The molecule has 1 aromatic carbocycles. The molecule has 1 N–H and O–H groups in total. The van der Waals surface area contributed by atoms with E-state index in [1.54, 1.807) is 23.5 Å². The van der Waals surface area contributed by atoms with Crippen LogP contribution >= 0.6 is 11.3 Å². The summed E-state index contributed by atoms with van der Waals surface area (Å²) >= 11 is 1.57. The lowest BCUT2D eigenvalue weighted by molar-refractivity contribution is 0.00949. The molecule has 0 unspecified atom stereocenters. The van der Waals surface area contributed by atoms with Crippen LogP contribution < -0.4 is 0 Å². The minimum atomic E-state index is -0.501. The van der Waals surface area contributed by atoms with Crippen LogP contribution in [0.25, 0.3) is 11.3 Å². The van der Waals surface area contributed by atoms with Gasteiger partial charge in [-0.25, -0.2) is 9.78 Å². The van der Waals surface area contributed by atoms with E-state index in [1.165, 1.54) is 0 Å². The third kappa shape index (κ3) is 4.31. The largest absolute Gasteiger partial charge is 0.508 e. The summed E-state index contributed by atoms with van der Waals surface area (Å²) in [4.78, 5) is 19.1. The molecule has 1 atom stereocenters. The lowest BCUT2D eigenvalue weighted by Gasteiger charge is -2.35. The van der Waals surface area contributed by atoms with Gasteiger partial charge in [-0.3, -0.25) is 4.90 Å². The molecule has 2 aromatic rings. The molecule has 5 nitrogen and oxygen atoms in total. The number of carbonyl (C=O) groups excluding carboxylic acids is 1. The molecule has 0 aliphatic carbocycles. The normalized spacial score (nSPS) is 18.2. The lowest BCUT2D eigenvalue weighted by atomic mass is 10.0. The number of benzene rings is 1. The van der Waals surface area contributed by atoms with Crippen molar-refractivity contribution in [1.82, 2.24) is 9.88 Å². The van der Waals surface area contributed by atoms with E-state index < -0.39 is 5.60 Å². The molecule has 1 amide bonds. The zero-order valence-corrected chi connectivity index (χ0v) is 15.7. The molecule has 1 fully saturated rings. The summed E-state index contributed by atoms with van der Waals surface area (Å²) in [6.45, 7) is 6.36. The van der Waals surface area contributed by atoms with Crippen LogP contribution in [0.3, 0.4) is 0 Å². The van der Waals surface area contributed by atoms with Crippen LogP contribution in [0, 0.1) is 0 Å². The number of phenolic OH excluding ortho intramolecular Hbond substituents is 1. The van der Waals surface area contributed by atoms with Crippen LogP contribution in [-0.4, -0.2) is 33.2 Å². The van der Waals surface area contributed by atoms with Crippen LogP contribution in [0.15, 0.2) is 29.6 Å². The van der Waals surface area contributed by atoms with Crippen molar-refractivity contribution < 1.29 is 14.6 Å². The van der Waals surface area contributed by atoms with Gasteiger partial charge in [0.05, 0.1) is 11.7 Å². The Balaban J connectivity index is 1.81. The van der Waals surface area contributed by atoms with Crippen molar-refractivity contribution in [3.05, 3.63) is 34.7 Å². The standard InChI is InChI=1S/C19H24N2O3S/c1-19(2,3)24-18(23)21-11-5-4-6-16(21)17-20-15(12-25-17)13-7-9-14(22)10-8-13/h7-10,12,16,22H,4-6,11H2,1-3H3/t16-/m1/s1. The van der Waals surface area contributed by atoms with Gasteiger partial charge in [0.2, 0.25) is 0 Å². The smallest absolute Gasteiger partial charge is 0.410 e. The molecule has 1 aliphatic heterocycles. The lowest BCUT2D eigenvalue weighted by Crippen LogP contribution is -2.41. The molecule has 6 heteroatoms. The van der Waals surface area contributed by atoms with Crippen molar-refractivity contribution in [1.29, 1.82) is 0 Å². The van der Waals surface area contributed by atoms with Crippen molar-refractivity contribution in [2.24, 2.45) is 0 Å². The minimum absolute atomic E-state index is 0.0283. The summed E-state index contributed by atoms with van der Waals surface area (Å²) in [5, 5.41) is 12.4. The summed E-state index contributed by atoms with van der Waals surface area (Å²) in [5.41, 5.74) is 1.33. The Kier molecular flexibility index (Phi) is 4.99. The van der Waals surface area contributed by atoms with Crippen molar-refractivity contribution in [3.63, 3.8) is 0 Å². The van der Waals surface area contributed by atoms with Gasteiger partial charge in [-0.1, -0.05) is 0 Å². The van der Waals surface area contributed by atoms with Crippen molar-refractivity contribution >= 4 is 17.4 Å². The number of likely N-dealkylation sites (tertiary alicyclic amines) is 1. The molecule has 0 bridgehead atoms. The maximum absolute atomic E-state index is 12.6. The fourth-order valence-electron chi connectivity index (χ4n) is 2.93. The number of phenols is 1. The van der Waals surface area contributed by atoms with Crippen LogP contribution in [0.2, 0.25) is 0 Å². The van der Waals surface area contributed by atoms with Gasteiger partial charge in [0.1, 0.15) is 16.4 Å². The second-order valence-electron chi connectivity index (χ2n) is 7.30. The van der Waals surface area contributed by atoms with E-state index in [0.29, 0.717) is 6.54 Å². The van der Waals surface area contributed by atoms with Crippen molar-refractivity contribution in [2.75, 3.05) is 6.54 Å². The molecular weight excluding hydrogens is 336 g/mol. The Labute approximate surface area is 152 Å². The van der Waals surface area contributed by atoms with Gasteiger partial charge in [-0.05, 0) is 64.3 Å². The van der Waals surface area contributed by atoms with Gasteiger partial charge in [0, 0.05) is 17.5 Å². The molecule has 134 valence electrons. The first-order chi connectivity index (χ1) is 11.8. The van der Waals surface area contributed by atoms with Crippen LogP contribution in [0.4, 0.5) is 4.79 Å². The zero-order valence-electron chi connectivity index (χ0n) is 14.9. The average molecular weight is 360 g/mol. The maximum Gasteiger partial charge on any atom is 0.410 e. The van der Waals surface area contributed by atoms with Crippen LogP contribution in [-0.2, 0) is 4.74 Å². The summed E-state index contributed by atoms with van der Waals surface area (Å²) in [6.07, 6.45) is 2.71. The topological polar surface area (TPSA) is 62.7 Å². The molecule has 3 rings (SSSR count). The maximum atomic E-state index is 12.6.